The van der Waals surface area contributed by atoms with Gasteiger partial charge in [0.15, 0.2) is 0 Å². The molecule has 0 fully saturated rings. The van der Waals surface area contributed by atoms with Crippen LogP contribution in [0, 0.1) is 6.92 Å². The first-order chi connectivity index (χ1) is 8.22. The van der Waals surface area contributed by atoms with E-state index in [-0.39, 0.29) is 0 Å². The van der Waals surface area contributed by atoms with Crippen molar-refractivity contribution in [2.45, 2.75) is 19.9 Å². The molecule has 4 heteroatoms. The first-order valence-corrected chi connectivity index (χ1v) is 8.37. The number of thioether (sulfide) groups is 1. The van der Waals surface area contributed by atoms with Crippen molar-refractivity contribution in [1.82, 2.24) is 10.2 Å². The molecule has 98 valence electrons. The monoisotopic (exact) mass is 272 g/mol. The van der Waals surface area contributed by atoms with E-state index in [4.69, 9.17) is 0 Å². The number of aryl methyl sites for hydroxylation is 1. The SMILES string of the molecule is CSCCCN(C)CCNCc1ccc(C)s1. The van der Waals surface area contributed by atoms with Gasteiger partial charge in [-0.25, -0.2) is 0 Å². The molecule has 0 spiro atoms. The molecule has 1 rings (SSSR count). The van der Waals surface area contributed by atoms with Crippen LogP contribution < -0.4 is 5.32 Å². The van der Waals surface area contributed by atoms with E-state index in [0.717, 1.165) is 19.6 Å². The third-order valence-electron chi connectivity index (χ3n) is 2.65. The van der Waals surface area contributed by atoms with Gasteiger partial charge in [-0.1, -0.05) is 0 Å². The summed E-state index contributed by atoms with van der Waals surface area (Å²) in [6, 6.07) is 4.41. The molecule has 0 aliphatic rings. The molecule has 0 unspecified atom stereocenters. The summed E-state index contributed by atoms with van der Waals surface area (Å²) in [5, 5.41) is 3.50. The zero-order valence-corrected chi connectivity index (χ0v) is 12.8. The summed E-state index contributed by atoms with van der Waals surface area (Å²) in [7, 11) is 2.21. The van der Waals surface area contributed by atoms with E-state index in [1.54, 1.807) is 0 Å². The molecule has 17 heavy (non-hydrogen) atoms. The molecule has 0 bridgehead atoms. The van der Waals surface area contributed by atoms with Gasteiger partial charge in [-0.3, -0.25) is 0 Å². The van der Waals surface area contributed by atoms with Gasteiger partial charge in [0.1, 0.15) is 0 Å². The molecule has 0 aliphatic carbocycles. The van der Waals surface area contributed by atoms with Crippen LogP contribution in [-0.2, 0) is 6.54 Å². The summed E-state index contributed by atoms with van der Waals surface area (Å²) < 4.78 is 0. The third kappa shape index (κ3) is 7.09. The number of likely N-dealkylation sites (N-methyl/N-ethyl adjacent to an activating group) is 1. The van der Waals surface area contributed by atoms with Crippen LogP contribution >= 0.6 is 23.1 Å². The zero-order valence-electron chi connectivity index (χ0n) is 11.2. The van der Waals surface area contributed by atoms with Crippen LogP contribution in [0.1, 0.15) is 16.2 Å². The van der Waals surface area contributed by atoms with Crippen LogP contribution in [0.25, 0.3) is 0 Å². The number of hydrogen-bond acceptors (Lipinski definition) is 4. The highest BCUT2D eigenvalue weighted by molar-refractivity contribution is 7.98. The number of thiophene rings is 1. The smallest absolute Gasteiger partial charge is 0.0300 e. The number of nitrogens with one attached hydrogen (secondary N) is 1. The topological polar surface area (TPSA) is 15.3 Å². The molecule has 0 atom stereocenters. The Hall–Kier alpha value is -0.0300. The molecular weight excluding hydrogens is 248 g/mol. The average molecular weight is 272 g/mol. The highest BCUT2D eigenvalue weighted by Crippen LogP contribution is 2.14. The Morgan fingerprint density at radius 1 is 1.35 bits per heavy atom. The van der Waals surface area contributed by atoms with Crippen LogP contribution in [-0.4, -0.2) is 43.6 Å². The molecular formula is C13H24N2S2. The van der Waals surface area contributed by atoms with E-state index < -0.39 is 0 Å². The summed E-state index contributed by atoms with van der Waals surface area (Å²) in [5.74, 6) is 1.27. The van der Waals surface area contributed by atoms with Gasteiger partial charge >= 0.3 is 0 Å². The molecule has 1 N–H and O–H groups in total. The normalized spacial score (nSPS) is 11.3. The molecule has 0 radical (unpaired) electrons. The van der Waals surface area contributed by atoms with Gasteiger partial charge in [0.25, 0.3) is 0 Å². The minimum absolute atomic E-state index is 1.01. The Balaban J connectivity index is 2.00. The van der Waals surface area contributed by atoms with E-state index in [2.05, 4.69) is 42.6 Å². The molecule has 1 aromatic heterocycles. The predicted octanol–water partition coefficient (Wildman–Crippen LogP) is 2.83. The molecule has 0 aliphatic heterocycles. The van der Waals surface area contributed by atoms with E-state index in [1.165, 1.54) is 28.5 Å². The van der Waals surface area contributed by atoms with E-state index in [1.807, 2.05) is 23.1 Å². The zero-order chi connectivity index (χ0) is 12.5. The van der Waals surface area contributed by atoms with Crippen molar-refractivity contribution in [2.24, 2.45) is 0 Å². The summed E-state index contributed by atoms with van der Waals surface area (Å²) in [5.41, 5.74) is 0. The second kappa shape index (κ2) is 8.97. The van der Waals surface area contributed by atoms with Gasteiger partial charge in [0.05, 0.1) is 0 Å². The molecule has 0 aromatic carbocycles. The maximum Gasteiger partial charge on any atom is 0.0300 e. The summed E-state index contributed by atoms with van der Waals surface area (Å²) in [4.78, 5) is 5.24. The first kappa shape index (κ1) is 15.0. The minimum atomic E-state index is 1.01. The second-order valence-corrected chi connectivity index (χ2v) is 6.70. The largest absolute Gasteiger partial charge is 0.311 e. The van der Waals surface area contributed by atoms with Gasteiger partial charge in [0, 0.05) is 29.4 Å². The fraction of sp³-hybridized carbons (Fsp3) is 0.692. The minimum Gasteiger partial charge on any atom is -0.311 e. The molecule has 1 aromatic rings. The standard InChI is InChI=1S/C13H24N2S2/c1-12-5-6-13(17-12)11-14-7-9-15(2)8-4-10-16-3/h5-6,14H,4,7-11H2,1-3H3. The van der Waals surface area contributed by atoms with Gasteiger partial charge in [-0.15, -0.1) is 11.3 Å². The van der Waals surface area contributed by atoms with Gasteiger partial charge in [-0.2, -0.15) is 11.8 Å². The summed E-state index contributed by atoms with van der Waals surface area (Å²) in [6.07, 6.45) is 3.46. The first-order valence-electron chi connectivity index (χ1n) is 6.16. The van der Waals surface area contributed by atoms with Crippen LogP contribution in [0.15, 0.2) is 12.1 Å². The highest BCUT2D eigenvalue weighted by Gasteiger charge is 1.99. The number of nitrogens with zero attached hydrogens (tertiary/aromatic N) is 1. The molecule has 0 amide bonds. The lowest BCUT2D eigenvalue weighted by Gasteiger charge is -2.16. The van der Waals surface area contributed by atoms with Gasteiger partial charge in [0.2, 0.25) is 0 Å². The Morgan fingerprint density at radius 3 is 2.82 bits per heavy atom. The Bertz CT molecular complexity index is 299. The molecule has 0 saturated heterocycles. The van der Waals surface area contributed by atoms with E-state index >= 15 is 0 Å². The Kier molecular flexibility index (Phi) is 7.93. The van der Waals surface area contributed by atoms with Crippen molar-refractivity contribution >= 4 is 23.1 Å². The van der Waals surface area contributed by atoms with Crippen LogP contribution in [0.5, 0.6) is 0 Å². The van der Waals surface area contributed by atoms with Crippen molar-refractivity contribution in [3.05, 3.63) is 21.9 Å². The fourth-order valence-electron chi connectivity index (χ4n) is 1.65. The molecule has 0 saturated carbocycles. The number of hydrogen-bond donors (Lipinski definition) is 1. The highest BCUT2D eigenvalue weighted by atomic mass is 32.2. The Labute approximate surface area is 114 Å². The maximum atomic E-state index is 3.50. The van der Waals surface area contributed by atoms with Crippen molar-refractivity contribution in [2.75, 3.05) is 38.7 Å². The van der Waals surface area contributed by atoms with Crippen LogP contribution in [0.3, 0.4) is 0 Å². The Morgan fingerprint density at radius 2 is 2.18 bits per heavy atom. The average Bonchev–Trinajstić information content (AvgIpc) is 2.71. The maximum absolute atomic E-state index is 3.50. The second-order valence-electron chi connectivity index (χ2n) is 4.34. The summed E-state index contributed by atoms with van der Waals surface area (Å²) in [6.45, 7) is 6.59. The van der Waals surface area contributed by atoms with E-state index in [9.17, 15) is 0 Å². The lowest BCUT2D eigenvalue weighted by Crippen LogP contribution is -2.29. The van der Waals surface area contributed by atoms with Crippen molar-refractivity contribution in [3.63, 3.8) is 0 Å². The quantitative estimate of drug-likeness (QED) is 0.696. The number of rotatable bonds is 9. The van der Waals surface area contributed by atoms with Crippen molar-refractivity contribution < 1.29 is 0 Å². The van der Waals surface area contributed by atoms with Crippen LogP contribution in [0.2, 0.25) is 0 Å². The van der Waals surface area contributed by atoms with Crippen molar-refractivity contribution in [3.8, 4) is 0 Å². The van der Waals surface area contributed by atoms with Gasteiger partial charge in [-0.05, 0) is 51.1 Å². The lowest BCUT2D eigenvalue weighted by atomic mass is 10.4. The fourth-order valence-corrected chi connectivity index (χ4v) is 2.93. The molecule has 1 heterocycles. The molecule has 2 nitrogen and oxygen atoms in total. The lowest BCUT2D eigenvalue weighted by molar-refractivity contribution is 0.333. The van der Waals surface area contributed by atoms with Gasteiger partial charge < -0.3 is 10.2 Å². The van der Waals surface area contributed by atoms with E-state index in [0.29, 0.717) is 0 Å². The van der Waals surface area contributed by atoms with Crippen molar-refractivity contribution in [1.29, 1.82) is 0 Å². The van der Waals surface area contributed by atoms with Crippen LogP contribution in [0.4, 0.5) is 0 Å². The predicted molar refractivity (Wildman–Crippen MR) is 81.3 cm³/mol. The third-order valence-corrected chi connectivity index (χ3v) is 4.35. The summed E-state index contributed by atoms with van der Waals surface area (Å²) >= 11 is 3.82.